The van der Waals surface area contributed by atoms with Crippen LogP contribution in [-0.2, 0) is 32.6 Å². The lowest BCUT2D eigenvalue weighted by Crippen LogP contribution is -2.41. The predicted molar refractivity (Wildman–Crippen MR) is 240 cm³/mol. The number of imidazole rings is 1. The van der Waals surface area contributed by atoms with Gasteiger partial charge in [-0.05, 0) is 69.2 Å². The van der Waals surface area contributed by atoms with Crippen molar-refractivity contribution in [2.24, 2.45) is 46.6 Å². The molecule has 346 valence electrons. The molecule has 20 heteroatoms. The molecule has 4 aromatic heterocycles. The van der Waals surface area contributed by atoms with Crippen molar-refractivity contribution >= 4 is 70.2 Å². The number of aryl methyl sites for hydroxylation is 1. The number of carbonyl (C=O) groups excluding carboxylic acids is 5. The molecule has 0 saturated carbocycles. The molecule has 4 aliphatic rings. The number of nitrogens with zero attached hydrogens (tertiary/aromatic N) is 7. The molecule has 8 bridgehead atoms. The number of esters is 1. The summed E-state index contributed by atoms with van der Waals surface area (Å²) in [6.07, 6.45) is 6.88. The first-order valence-electron chi connectivity index (χ1n) is 22.2. The summed E-state index contributed by atoms with van der Waals surface area (Å²) >= 11 is 0. The number of aliphatic carboxylic acids is 1. The summed E-state index contributed by atoms with van der Waals surface area (Å²) in [5, 5.41) is 23.9. The lowest BCUT2D eigenvalue weighted by Gasteiger charge is -2.21. The summed E-state index contributed by atoms with van der Waals surface area (Å²) in [5.74, 6) is -5.48. The summed E-state index contributed by atoms with van der Waals surface area (Å²) < 4.78 is 7.22. The van der Waals surface area contributed by atoms with E-state index in [0.717, 1.165) is 44.2 Å². The number of aromatic amines is 2. The van der Waals surface area contributed by atoms with E-state index in [2.05, 4.69) is 49.7 Å². The van der Waals surface area contributed by atoms with Crippen molar-refractivity contribution in [3.05, 3.63) is 72.4 Å². The van der Waals surface area contributed by atoms with Gasteiger partial charge >= 0.3 is 17.6 Å². The fourth-order valence-corrected chi connectivity index (χ4v) is 10.2. The van der Waals surface area contributed by atoms with Crippen LogP contribution in [0, 0.1) is 43.4 Å². The normalized spacial score (nSPS) is 24.5. The lowest BCUT2D eigenvalue weighted by molar-refractivity contribution is -0.142. The first kappa shape index (κ1) is 45.4. The molecule has 0 radical (unpaired) electrons. The van der Waals surface area contributed by atoms with Gasteiger partial charge in [0.2, 0.25) is 5.91 Å². The Morgan fingerprint density at radius 3 is 2.47 bits per heavy atom. The number of nitrogens with one attached hydrogen (secondary N) is 4. The number of hydrogen-bond acceptors (Lipinski definition) is 13. The number of hydrogen-bond donors (Lipinski definition) is 5. The Labute approximate surface area is 377 Å². The van der Waals surface area contributed by atoms with Crippen molar-refractivity contribution in [3.63, 3.8) is 0 Å². The van der Waals surface area contributed by atoms with Gasteiger partial charge in [0.25, 0.3) is 11.7 Å². The van der Waals surface area contributed by atoms with E-state index in [4.69, 9.17) is 14.7 Å². The highest BCUT2D eigenvalue weighted by atomic mass is 16.5. The number of Topliss-reactive ketones (excluding diaryl/α,β-unsaturated/α-hetero) is 2. The van der Waals surface area contributed by atoms with Gasteiger partial charge in [0.15, 0.2) is 11.6 Å². The number of ether oxygens (including phenoxy) is 1. The monoisotopic (exact) mass is 903 g/mol. The third-order valence-electron chi connectivity index (χ3n) is 13.8. The average molecular weight is 904 g/mol. The van der Waals surface area contributed by atoms with Crippen LogP contribution in [0.1, 0.15) is 114 Å². The maximum absolute atomic E-state index is 14.4. The molecule has 5 N–H and O–H groups in total. The number of ketones is 2. The highest BCUT2D eigenvalue weighted by Gasteiger charge is 2.49. The van der Waals surface area contributed by atoms with E-state index in [1.54, 1.807) is 6.92 Å². The molecular weight excluding hydrogens is 851 g/mol. The number of rotatable bonds is 13. The summed E-state index contributed by atoms with van der Waals surface area (Å²) in [6.45, 7) is 11.7. The van der Waals surface area contributed by atoms with E-state index < -0.39 is 41.4 Å². The van der Waals surface area contributed by atoms with Crippen molar-refractivity contribution < 1.29 is 38.6 Å². The van der Waals surface area contributed by atoms with E-state index in [1.165, 1.54) is 14.2 Å². The molecule has 7 heterocycles. The number of amides is 2. The fraction of sp³-hybridized carbons (Fsp3) is 0.478. The fourth-order valence-electron chi connectivity index (χ4n) is 10.2. The Hall–Kier alpha value is -7.12. The Balaban J connectivity index is 1.07. The molecule has 3 aliphatic heterocycles. The summed E-state index contributed by atoms with van der Waals surface area (Å²) in [6, 6.07) is -1.44. The van der Waals surface area contributed by atoms with E-state index in [-0.39, 0.29) is 85.0 Å². The third kappa shape index (κ3) is 7.91. The first-order valence-corrected chi connectivity index (χ1v) is 22.2. The van der Waals surface area contributed by atoms with Crippen LogP contribution in [0.4, 0.5) is 0 Å². The zero-order valence-corrected chi connectivity index (χ0v) is 38.1. The van der Waals surface area contributed by atoms with E-state index >= 15 is 0 Å². The number of carbonyl (C=O) groups is 6. The van der Waals surface area contributed by atoms with Crippen molar-refractivity contribution in [1.82, 2.24) is 45.0 Å². The number of carboxylic acid groups (broad SMARTS) is 1. The van der Waals surface area contributed by atoms with Crippen molar-refractivity contribution in [3.8, 4) is 0 Å². The largest absolute Gasteiger partial charge is 0.480 e. The van der Waals surface area contributed by atoms with Crippen LogP contribution in [0.2, 0.25) is 0 Å². The summed E-state index contributed by atoms with van der Waals surface area (Å²) in [4.78, 5) is 114. The average Bonchev–Trinajstić information content (AvgIpc) is 4.11. The number of methoxy groups -OCH3 is 1. The Morgan fingerprint density at radius 1 is 1.03 bits per heavy atom. The second-order valence-electron chi connectivity index (χ2n) is 17.7. The summed E-state index contributed by atoms with van der Waals surface area (Å²) in [7, 11) is 2.62. The quantitative estimate of drug-likeness (QED) is 0.0554. The van der Waals surface area contributed by atoms with Gasteiger partial charge in [-0.3, -0.25) is 34.0 Å². The lowest BCUT2D eigenvalue weighted by atomic mass is 9.83. The molecular formula is C46H53N11O9. The number of aromatic nitrogens is 7. The van der Waals surface area contributed by atoms with Gasteiger partial charge in [0.1, 0.15) is 17.7 Å². The van der Waals surface area contributed by atoms with Crippen LogP contribution in [0.3, 0.4) is 0 Å². The molecule has 0 fully saturated rings. The second kappa shape index (κ2) is 17.7. The second-order valence-corrected chi connectivity index (χ2v) is 17.7. The first-order chi connectivity index (χ1) is 31.4. The Kier molecular flexibility index (Phi) is 12.2. The van der Waals surface area contributed by atoms with Crippen LogP contribution < -0.4 is 27.0 Å². The zero-order valence-electron chi connectivity index (χ0n) is 38.1. The van der Waals surface area contributed by atoms with Crippen LogP contribution in [0.25, 0.3) is 23.5 Å². The molecule has 4 aromatic rings. The minimum absolute atomic E-state index is 0.0239. The van der Waals surface area contributed by atoms with Gasteiger partial charge in [0, 0.05) is 89.6 Å². The summed E-state index contributed by atoms with van der Waals surface area (Å²) in [5.41, 5.74) is 5.44. The minimum atomic E-state index is -1.32. The van der Waals surface area contributed by atoms with Crippen LogP contribution in [0.5, 0.6) is 0 Å². The van der Waals surface area contributed by atoms with Gasteiger partial charge in [-0.2, -0.15) is 4.68 Å². The molecule has 2 amide bonds. The topological polar surface area (TPSA) is 277 Å². The van der Waals surface area contributed by atoms with E-state index in [1.807, 2.05) is 32.9 Å². The van der Waals surface area contributed by atoms with Gasteiger partial charge < -0.3 is 30.4 Å². The SMILES string of the molecule is CC[C@@H]1C2Cc3[nH]c4c(c3C)C(=O)C(C(=O)OC)/C4=C3N=C(/C=c4\[nH]/c(c(C(C)=O)c4C)=C\C(=N2)[C@H]1C)[C@H](C)[C@H]/3CCC(=O)NCCCC(NC(=O)c1cn2c(=O)n(C)nnc2n1)C(=O)O. The van der Waals surface area contributed by atoms with Crippen molar-refractivity contribution in [1.29, 1.82) is 0 Å². The van der Waals surface area contributed by atoms with Crippen LogP contribution in [0.15, 0.2) is 26.7 Å². The molecule has 20 nitrogen and oxygen atoms in total. The standard InChI is InChI=1S/C46H53N11O9/c1-9-24-19(2)27-17-32-35(23(6)58)21(4)29(49-32)15-28-20(3)25(39(50-28)37-38(44(64)66-8)41(60)36-22(5)30(51-40(36)37)16-31(24)48-27)12-13-34(59)47-14-10-11-26(43(62)63)52-42(61)33-18-57-45(53-33)54-55-56(7)46(57)65/h15,17-20,24-26,31,38,49,51H,9-14,16H2,1-8H3,(H,47,59)(H,52,61)(H,62,63)/b29-15-,32-17-,39-37-/t19-,20+,24-,25+,26?,31?,38?/m0/s1. The molecule has 7 atom stereocenters. The molecule has 3 unspecified atom stereocenters. The number of allylic oxidation sites excluding steroid dienone is 1. The number of aliphatic imine (C=N–C) groups is 2. The molecule has 0 aromatic carbocycles. The minimum Gasteiger partial charge on any atom is -0.480 e. The highest BCUT2D eigenvalue weighted by Crippen LogP contribution is 2.48. The van der Waals surface area contributed by atoms with Crippen LogP contribution in [-0.4, -0.2) is 112 Å². The predicted octanol–water partition coefficient (Wildman–Crippen LogP) is 1.56. The number of H-pyrrole nitrogens is 2. The third-order valence-corrected chi connectivity index (χ3v) is 13.8. The smallest absolute Gasteiger partial charge is 0.352 e. The maximum Gasteiger partial charge on any atom is 0.352 e. The van der Waals surface area contributed by atoms with Gasteiger partial charge in [0.05, 0.1) is 29.9 Å². The van der Waals surface area contributed by atoms with Gasteiger partial charge in [-0.1, -0.05) is 37.5 Å². The molecule has 0 saturated heterocycles. The highest BCUT2D eigenvalue weighted by molar-refractivity contribution is 6.25. The van der Waals surface area contributed by atoms with Crippen LogP contribution >= 0.6 is 0 Å². The van der Waals surface area contributed by atoms with E-state index in [9.17, 15) is 38.7 Å². The zero-order chi connectivity index (χ0) is 47.5. The molecule has 0 spiro atoms. The number of carboxylic acids is 1. The Bertz CT molecular complexity index is 3040. The molecule has 8 rings (SSSR count). The van der Waals surface area contributed by atoms with Crippen molar-refractivity contribution in [2.75, 3.05) is 13.7 Å². The Morgan fingerprint density at radius 2 is 1.77 bits per heavy atom. The van der Waals surface area contributed by atoms with Gasteiger partial charge in [-0.25, -0.2) is 19.0 Å². The van der Waals surface area contributed by atoms with Crippen molar-refractivity contribution in [2.45, 2.75) is 92.2 Å². The van der Waals surface area contributed by atoms with Gasteiger partial charge in [-0.15, -0.1) is 0 Å². The maximum atomic E-state index is 14.4. The number of fused-ring (bicyclic) bond motifs is 6. The van der Waals surface area contributed by atoms with E-state index in [0.29, 0.717) is 50.9 Å². The molecule has 66 heavy (non-hydrogen) atoms. The molecule has 1 aliphatic carbocycles.